The first-order chi connectivity index (χ1) is 25.3. The van der Waals surface area contributed by atoms with Gasteiger partial charge in [0.25, 0.3) is 0 Å². The molecular weight excluding hydrogens is 668 g/mol. The zero-order valence-corrected chi connectivity index (χ0v) is 31.9. The van der Waals surface area contributed by atoms with Gasteiger partial charge in [-0.05, 0) is 108 Å². The highest BCUT2D eigenvalue weighted by atomic mass is 16.6. The van der Waals surface area contributed by atoms with E-state index in [4.69, 9.17) is 4.74 Å². The Kier molecular flexibility index (Phi) is 13.5. The number of nitrogens with zero attached hydrogens (tertiary/aromatic N) is 1. The molecular formula is C42H56N6O5. The van der Waals surface area contributed by atoms with E-state index < -0.39 is 23.8 Å². The maximum Gasteiger partial charge on any atom is 0.407 e. The van der Waals surface area contributed by atoms with Crippen molar-refractivity contribution in [1.29, 1.82) is 0 Å². The van der Waals surface area contributed by atoms with Gasteiger partial charge in [0, 0.05) is 46.8 Å². The number of amides is 4. The van der Waals surface area contributed by atoms with Gasteiger partial charge in [-0.15, -0.1) is 0 Å². The number of nitrogens with one attached hydrogen (secondary N) is 5. The molecule has 11 nitrogen and oxygen atoms in total. The number of hydrogen-bond acceptors (Lipinski definition) is 6. The van der Waals surface area contributed by atoms with E-state index in [1.165, 1.54) is 6.42 Å². The van der Waals surface area contributed by atoms with E-state index in [0.29, 0.717) is 50.3 Å². The third-order valence-corrected chi connectivity index (χ3v) is 9.87. The van der Waals surface area contributed by atoms with E-state index in [-0.39, 0.29) is 24.1 Å². The maximum atomic E-state index is 14.1. The highest BCUT2D eigenvalue weighted by Crippen LogP contribution is 2.28. The van der Waals surface area contributed by atoms with Crippen LogP contribution in [0.3, 0.4) is 0 Å². The number of pyridine rings is 1. The Morgan fingerprint density at radius 1 is 0.906 bits per heavy atom. The van der Waals surface area contributed by atoms with Gasteiger partial charge < -0.3 is 31.0 Å². The molecule has 0 spiro atoms. The minimum absolute atomic E-state index is 0.199. The lowest BCUT2D eigenvalue weighted by Gasteiger charge is -2.28. The molecule has 1 saturated carbocycles. The molecule has 2 aromatic carbocycles. The Hall–Kier alpha value is -4.93. The molecule has 2 heterocycles. The topological polar surface area (TPSA) is 154 Å². The summed E-state index contributed by atoms with van der Waals surface area (Å²) in [6.07, 6.45) is 9.61. The smallest absolute Gasteiger partial charge is 0.407 e. The zero-order chi connectivity index (χ0) is 38.0. The lowest BCUT2D eigenvalue weighted by atomic mass is 9.84. The van der Waals surface area contributed by atoms with E-state index in [0.717, 1.165) is 64.3 Å². The summed E-state index contributed by atoms with van der Waals surface area (Å²) < 4.78 is 5.33. The Labute approximate surface area is 312 Å². The molecule has 1 aliphatic rings. The number of benzene rings is 2. The van der Waals surface area contributed by atoms with Gasteiger partial charge in [0.1, 0.15) is 17.7 Å². The lowest BCUT2D eigenvalue weighted by molar-refractivity contribution is -0.131. The molecule has 5 N–H and O–H groups in total. The fraction of sp³-hybridized carbons (Fsp3) is 0.500. The Bertz CT molecular complexity index is 1890. The summed E-state index contributed by atoms with van der Waals surface area (Å²) >= 11 is 0. The second-order valence-corrected chi connectivity index (χ2v) is 15.5. The fourth-order valence-corrected chi connectivity index (χ4v) is 7.24. The fourth-order valence-electron chi connectivity index (χ4n) is 7.24. The molecule has 5 rings (SSSR count). The number of H-pyrrole nitrogens is 1. The highest BCUT2D eigenvalue weighted by molar-refractivity contribution is 6.00. The molecule has 0 aliphatic heterocycles. The van der Waals surface area contributed by atoms with Crippen LogP contribution >= 0.6 is 0 Å². The van der Waals surface area contributed by atoms with E-state index in [2.05, 4.69) is 31.2 Å². The van der Waals surface area contributed by atoms with Gasteiger partial charge in [0.2, 0.25) is 17.7 Å². The van der Waals surface area contributed by atoms with Crippen LogP contribution in [-0.2, 0) is 25.5 Å². The predicted molar refractivity (Wildman–Crippen MR) is 210 cm³/mol. The van der Waals surface area contributed by atoms with Crippen LogP contribution in [0.5, 0.6) is 0 Å². The second-order valence-electron chi connectivity index (χ2n) is 15.5. The highest BCUT2D eigenvalue weighted by Gasteiger charge is 2.30. The number of alkyl carbamates (subject to hydrolysis) is 1. The zero-order valence-electron chi connectivity index (χ0n) is 31.9. The molecule has 11 heteroatoms. The molecule has 284 valence electrons. The summed E-state index contributed by atoms with van der Waals surface area (Å²) in [7, 11) is 0. The van der Waals surface area contributed by atoms with E-state index in [9.17, 15) is 19.2 Å². The number of ether oxygens (including phenoxy) is 1. The number of hydrogen-bond donors (Lipinski definition) is 5. The average Bonchev–Trinajstić information content (AvgIpc) is 3.52. The van der Waals surface area contributed by atoms with Crippen LogP contribution in [-0.4, -0.2) is 58.0 Å². The predicted octanol–water partition coefficient (Wildman–Crippen LogP) is 7.54. The number of fused-ring (bicyclic) bond motifs is 2. The molecule has 2 unspecified atom stereocenters. The molecule has 1 fully saturated rings. The summed E-state index contributed by atoms with van der Waals surface area (Å²) in [5, 5.41) is 13.9. The number of anilines is 1. The molecule has 0 radical (unpaired) electrons. The molecule has 53 heavy (non-hydrogen) atoms. The van der Waals surface area contributed by atoms with Crippen LogP contribution in [0, 0.1) is 19.8 Å². The van der Waals surface area contributed by atoms with Crippen LogP contribution in [0.15, 0.2) is 54.7 Å². The van der Waals surface area contributed by atoms with Crippen LogP contribution in [0.4, 0.5) is 10.5 Å². The van der Waals surface area contributed by atoms with E-state index in [1.54, 1.807) is 20.8 Å². The largest absolute Gasteiger partial charge is 0.444 e. The molecule has 2 atom stereocenters. The van der Waals surface area contributed by atoms with Gasteiger partial charge in [-0.1, -0.05) is 56.4 Å². The SMILES string of the molecule is Cc1cc(C)c2ccc(NC(=O)C(CCCCNC(=O)OC(C)(C)C)NC(=O)C(CC3CCCCC3)NC(=O)CCc3c[nH]c4ccccc34)cc2n1. The summed E-state index contributed by atoms with van der Waals surface area (Å²) in [4.78, 5) is 61.5. The third-order valence-electron chi connectivity index (χ3n) is 9.87. The number of aromatic nitrogens is 2. The number of aromatic amines is 1. The first kappa shape index (κ1) is 39.3. The van der Waals surface area contributed by atoms with Gasteiger partial charge in [0.15, 0.2) is 0 Å². The summed E-state index contributed by atoms with van der Waals surface area (Å²) in [5.41, 5.74) is 4.81. The van der Waals surface area contributed by atoms with Crippen LogP contribution in [0.25, 0.3) is 21.8 Å². The number of carbonyl (C=O) groups is 4. The number of unbranched alkanes of at least 4 members (excludes halogenated alkanes) is 1. The van der Waals surface area contributed by atoms with Crippen molar-refractivity contribution in [2.75, 3.05) is 11.9 Å². The summed E-state index contributed by atoms with van der Waals surface area (Å²) in [5.74, 6) is -0.606. The molecule has 1 aliphatic carbocycles. The van der Waals surface area contributed by atoms with Gasteiger partial charge in [-0.2, -0.15) is 0 Å². The van der Waals surface area contributed by atoms with Crippen molar-refractivity contribution in [3.05, 3.63) is 71.5 Å². The average molecular weight is 725 g/mol. The molecule has 4 amide bonds. The second kappa shape index (κ2) is 18.2. The molecule has 4 aromatic rings. The van der Waals surface area contributed by atoms with Crippen LogP contribution < -0.4 is 21.3 Å². The Balaban J connectivity index is 1.27. The molecule has 0 bridgehead atoms. The van der Waals surface area contributed by atoms with Crippen molar-refractivity contribution in [1.82, 2.24) is 25.9 Å². The third kappa shape index (κ3) is 11.8. The first-order valence-electron chi connectivity index (χ1n) is 19.1. The van der Waals surface area contributed by atoms with Gasteiger partial charge in [-0.3, -0.25) is 19.4 Å². The monoisotopic (exact) mass is 724 g/mol. The van der Waals surface area contributed by atoms with Crippen molar-refractivity contribution < 1.29 is 23.9 Å². The normalized spacial score (nSPS) is 14.7. The maximum absolute atomic E-state index is 14.1. The van der Waals surface area contributed by atoms with Gasteiger partial charge in [0.05, 0.1) is 5.52 Å². The number of carbonyl (C=O) groups excluding carboxylic acids is 4. The van der Waals surface area contributed by atoms with Gasteiger partial charge >= 0.3 is 6.09 Å². The van der Waals surface area contributed by atoms with Crippen LogP contribution in [0.1, 0.15) is 102 Å². The van der Waals surface area contributed by atoms with Crippen molar-refractivity contribution in [3.63, 3.8) is 0 Å². The molecule has 0 saturated heterocycles. The van der Waals surface area contributed by atoms with Crippen molar-refractivity contribution in [2.45, 2.75) is 123 Å². The van der Waals surface area contributed by atoms with Crippen molar-refractivity contribution in [2.24, 2.45) is 5.92 Å². The Morgan fingerprint density at radius 3 is 2.45 bits per heavy atom. The Morgan fingerprint density at radius 2 is 1.68 bits per heavy atom. The number of rotatable bonds is 15. The first-order valence-corrected chi connectivity index (χ1v) is 19.1. The lowest BCUT2D eigenvalue weighted by Crippen LogP contribution is -2.53. The summed E-state index contributed by atoms with van der Waals surface area (Å²) in [6, 6.07) is 14.0. The minimum Gasteiger partial charge on any atom is -0.444 e. The standard InChI is InChI=1S/C42H56N6O5/c1-27-23-28(2)45-36-25-31(19-20-32(27)36)46-39(50)35(17-11-12-22-43-41(52)53-42(3,4)5)48-40(51)37(24-29-13-7-6-8-14-29)47-38(49)21-18-30-26-44-34-16-10-9-15-33(30)34/h9-10,15-16,19-20,23,25-26,29,35,37,44H,6-8,11-14,17-18,21-22,24H2,1-5H3,(H,43,52)(H,46,50)(H,47,49)(H,48,51). The van der Waals surface area contributed by atoms with Crippen LogP contribution in [0.2, 0.25) is 0 Å². The van der Waals surface area contributed by atoms with Crippen molar-refractivity contribution >= 4 is 51.3 Å². The quantitative estimate of drug-likeness (QED) is 0.0799. The number of aryl methyl sites for hydroxylation is 3. The van der Waals surface area contributed by atoms with E-state index in [1.807, 2.05) is 68.6 Å². The number of para-hydroxylation sites is 1. The van der Waals surface area contributed by atoms with Gasteiger partial charge in [-0.25, -0.2) is 4.79 Å². The molecule has 2 aromatic heterocycles. The minimum atomic E-state index is -0.871. The summed E-state index contributed by atoms with van der Waals surface area (Å²) in [6.45, 7) is 9.75. The van der Waals surface area contributed by atoms with Crippen molar-refractivity contribution in [3.8, 4) is 0 Å². The van der Waals surface area contributed by atoms with E-state index >= 15 is 0 Å².